The van der Waals surface area contributed by atoms with Crippen molar-refractivity contribution in [3.05, 3.63) is 41.3 Å². The van der Waals surface area contributed by atoms with E-state index in [2.05, 4.69) is 10.1 Å². The molecule has 0 saturated carbocycles. The van der Waals surface area contributed by atoms with E-state index in [1.165, 1.54) is 12.1 Å². The van der Waals surface area contributed by atoms with Crippen LogP contribution in [0, 0.1) is 5.82 Å². The second-order valence-corrected chi connectivity index (χ2v) is 5.11. The molecule has 2 aromatic rings. The Labute approximate surface area is 119 Å². The van der Waals surface area contributed by atoms with E-state index in [9.17, 15) is 9.18 Å². The highest BCUT2D eigenvalue weighted by Crippen LogP contribution is 2.26. The maximum absolute atomic E-state index is 13.6. The largest absolute Gasteiger partial charge is 0.478 e. The molecule has 2 rings (SSSR count). The first-order valence-corrected chi connectivity index (χ1v) is 7.05. The highest BCUT2D eigenvalue weighted by Gasteiger charge is 2.11. The van der Waals surface area contributed by atoms with Crippen molar-refractivity contribution < 1.29 is 18.8 Å². The van der Waals surface area contributed by atoms with Crippen LogP contribution >= 0.6 is 11.8 Å². The Kier molecular flexibility index (Phi) is 4.73. The molecular formula is C13H13FN2O3S. The number of aromatic nitrogens is 2. The molecule has 7 heteroatoms. The summed E-state index contributed by atoms with van der Waals surface area (Å²) in [7, 11) is 0. The summed E-state index contributed by atoms with van der Waals surface area (Å²) in [6.07, 6.45) is 1.65. The zero-order valence-corrected chi connectivity index (χ0v) is 11.6. The van der Waals surface area contributed by atoms with E-state index in [1.54, 1.807) is 0 Å². The highest BCUT2D eigenvalue weighted by molar-refractivity contribution is 7.98. The smallest absolute Gasteiger partial charge is 0.335 e. The molecule has 0 atom stereocenters. The van der Waals surface area contributed by atoms with Gasteiger partial charge in [0.15, 0.2) is 5.82 Å². The number of aryl methyl sites for hydroxylation is 1. The van der Waals surface area contributed by atoms with Crippen molar-refractivity contribution in [2.75, 3.05) is 0 Å². The molecular weight excluding hydrogens is 283 g/mol. The van der Waals surface area contributed by atoms with Gasteiger partial charge in [-0.25, -0.2) is 9.18 Å². The molecule has 0 aliphatic carbocycles. The number of hydrogen-bond acceptors (Lipinski definition) is 5. The van der Waals surface area contributed by atoms with Crippen molar-refractivity contribution in [1.82, 2.24) is 10.1 Å². The number of hydrogen-bond donors (Lipinski definition) is 1. The van der Waals surface area contributed by atoms with Crippen LogP contribution in [-0.4, -0.2) is 21.2 Å². The molecule has 1 aromatic carbocycles. The Morgan fingerprint density at radius 2 is 2.30 bits per heavy atom. The van der Waals surface area contributed by atoms with Gasteiger partial charge < -0.3 is 9.63 Å². The summed E-state index contributed by atoms with van der Waals surface area (Å²) >= 11 is 1.13. The van der Waals surface area contributed by atoms with Crippen molar-refractivity contribution in [1.29, 1.82) is 0 Å². The molecule has 1 heterocycles. The molecule has 0 aliphatic heterocycles. The minimum absolute atomic E-state index is 0.0473. The lowest BCUT2D eigenvalue weighted by molar-refractivity contribution is 0.0696. The van der Waals surface area contributed by atoms with Gasteiger partial charge in [0.2, 0.25) is 5.89 Å². The van der Waals surface area contributed by atoms with E-state index < -0.39 is 11.8 Å². The third-order valence-corrected chi connectivity index (χ3v) is 3.53. The second kappa shape index (κ2) is 6.51. The number of nitrogens with zero attached hydrogens (tertiary/aromatic N) is 2. The topological polar surface area (TPSA) is 76.2 Å². The van der Waals surface area contributed by atoms with Crippen molar-refractivity contribution in [2.45, 2.75) is 30.4 Å². The third-order valence-electron chi connectivity index (χ3n) is 2.51. The Bertz CT molecular complexity index is 615. The first kappa shape index (κ1) is 14.5. The number of carboxylic acid groups (broad SMARTS) is 1. The van der Waals surface area contributed by atoms with Crippen LogP contribution < -0.4 is 0 Å². The summed E-state index contributed by atoms with van der Waals surface area (Å²) in [6.45, 7) is 2.01. The molecule has 106 valence electrons. The fraction of sp³-hybridized carbons (Fsp3) is 0.308. The van der Waals surface area contributed by atoms with Gasteiger partial charge in [0.05, 0.1) is 11.3 Å². The lowest BCUT2D eigenvalue weighted by Crippen LogP contribution is -1.97. The van der Waals surface area contributed by atoms with Crippen molar-refractivity contribution in [3.63, 3.8) is 0 Å². The molecule has 20 heavy (non-hydrogen) atoms. The van der Waals surface area contributed by atoms with Gasteiger partial charge in [0, 0.05) is 11.3 Å². The van der Waals surface area contributed by atoms with Gasteiger partial charge in [0.25, 0.3) is 0 Å². The van der Waals surface area contributed by atoms with Crippen LogP contribution in [0.25, 0.3) is 0 Å². The van der Waals surface area contributed by atoms with Crippen LogP contribution in [0.1, 0.15) is 35.4 Å². The Balaban J connectivity index is 2.05. The fourth-order valence-corrected chi connectivity index (χ4v) is 2.37. The predicted molar refractivity (Wildman–Crippen MR) is 71.2 cm³/mol. The Morgan fingerprint density at radius 3 is 3.00 bits per heavy atom. The van der Waals surface area contributed by atoms with Gasteiger partial charge in [-0.05, 0) is 24.6 Å². The summed E-state index contributed by atoms with van der Waals surface area (Å²) < 4.78 is 18.6. The summed E-state index contributed by atoms with van der Waals surface area (Å²) in [5.41, 5.74) is 0.0473. The fourth-order valence-electron chi connectivity index (χ4n) is 1.56. The first-order valence-electron chi connectivity index (χ1n) is 6.07. The summed E-state index contributed by atoms with van der Waals surface area (Å²) in [5, 5.41) is 12.7. The average Bonchev–Trinajstić information content (AvgIpc) is 2.86. The molecule has 0 saturated heterocycles. The van der Waals surface area contributed by atoms with Crippen molar-refractivity contribution >= 4 is 17.7 Å². The molecule has 0 spiro atoms. The van der Waals surface area contributed by atoms with E-state index in [0.29, 0.717) is 17.5 Å². The van der Waals surface area contributed by atoms with Gasteiger partial charge in [0.1, 0.15) is 5.82 Å². The lowest BCUT2D eigenvalue weighted by Gasteiger charge is -2.02. The van der Waals surface area contributed by atoms with Crippen LogP contribution in [0.2, 0.25) is 0 Å². The quantitative estimate of drug-likeness (QED) is 0.825. The monoisotopic (exact) mass is 296 g/mol. The van der Waals surface area contributed by atoms with Crippen LogP contribution in [0.4, 0.5) is 4.39 Å². The van der Waals surface area contributed by atoms with Gasteiger partial charge >= 0.3 is 5.97 Å². The van der Waals surface area contributed by atoms with Crippen LogP contribution in [0.5, 0.6) is 0 Å². The van der Waals surface area contributed by atoms with Gasteiger partial charge in [-0.15, -0.1) is 11.8 Å². The number of carboxylic acids is 1. The lowest BCUT2D eigenvalue weighted by atomic mass is 10.2. The molecule has 1 aromatic heterocycles. The molecule has 0 radical (unpaired) electrons. The van der Waals surface area contributed by atoms with Gasteiger partial charge in [-0.1, -0.05) is 12.1 Å². The number of benzene rings is 1. The number of carbonyl (C=O) groups is 1. The maximum atomic E-state index is 13.6. The van der Waals surface area contributed by atoms with Crippen LogP contribution in [0.15, 0.2) is 27.6 Å². The van der Waals surface area contributed by atoms with E-state index in [1.807, 2.05) is 6.92 Å². The zero-order chi connectivity index (χ0) is 14.5. The standard InChI is InChI=1S/C13H13FN2O3S/c1-2-3-11-15-12(19-16-11)7-20-10-6-8(13(17)18)4-5-9(10)14/h4-6H,2-3,7H2,1H3,(H,17,18). The average molecular weight is 296 g/mol. The minimum atomic E-state index is -1.09. The van der Waals surface area contributed by atoms with Gasteiger partial charge in [-0.2, -0.15) is 4.98 Å². The summed E-state index contributed by atoms with van der Waals surface area (Å²) in [6, 6.07) is 3.67. The molecule has 0 fully saturated rings. The summed E-state index contributed by atoms with van der Waals surface area (Å²) in [5.74, 6) is -0.221. The minimum Gasteiger partial charge on any atom is -0.478 e. The number of rotatable bonds is 6. The normalized spacial score (nSPS) is 10.7. The van der Waals surface area contributed by atoms with Crippen molar-refractivity contribution in [3.8, 4) is 0 Å². The number of halogens is 1. The second-order valence-electron chi connectivity index (χ2n) is 4.09. The van der Waals surface area contributed by atoms with Crippen LogP contribution in [0.3, 0.4) is 0 Å². The third kappa shape index (κ3) is 3.57. The van der Waals surface area contributed by atoms with E-state index in [0.717, 1.165) is 30.7 Å². The molecule has 0 unspecified atom stereocenters. The predicted octanol–water partition coefficient (Wildman–Crippen LogP) is 3.15. The number of aromatic carboxylic acids is 1. The Morgan fingerprint density at radius 1 is 1.50 bits per heavy atom. The molecule has 1 N–H and O–H groups in total. The Hall–Kier alpha value is -1.89. The SMILES string of the molecule is CCCc1noc(CSc2cc(C(=O)O)ccc2F)n1. The van der Waals surface area contributed by atoms with Gasteiger partial charge in [-0.3, -0.25) is 0 Å². The molecule has 0 bridgehead atoms. The highest BCUT2D eigenvalue weighted by atomic mass is 32.2. The molecule has 0 amide bonds. The summed E-state index contributed by atoms with van der Waals surface area (Å²) in [4.78, 5) is 15.3. The molecule has 5 nitrogen and oxygen atoms in total. The first-order chi connectivity index (χ1) is 9.60. The number of thioether (sulfide) groups is 1. The van der Waals surface area contributed by atoms with E-state index in [-0.39, 0.29) is 10.5 Å². The van der Waals surface area contributed by atoms with Crippen LogP contribution in [-0.2, 0) is 12.2 Å². The zero-order valence-electron chi connectivity index (χ0n) is 10.8. The molecule has 0 aliphatic rings. The maximum Gasteiger partial charge on any atom is 0.335 e. The van der Waals surface area contributed by atoms with E-state index >= 15 is 0 Å². The van der Waals surface area contributed by atoms with Crippen molar-refractivity contribution in [2.24, 2.45) is 0 Å². The van der Waals surface area contributed by atoms with E-state index in [4.69, 9.17) is 9.63 Å².